The van der Waals surface area contributed by atoms with E-state index in [4.69, 9.17) is 25.5 Å². The van der Waals surface area contributed by atoms with E-state index < -0.39 is 6.17 Å². The molecule has 0 saturated heterocycles. The number of hydrogen-bond donors (Lipinski definition) is 1. The van der Waals surface area contributed by atoms with Crippen LogP contribution < -0.4 is 14.8 Å². The highest BCUT2D eigenvalue weighted by Crippen LogP contribution is 2.41. The molecule has 0 saturated carbocycles. The van der Waals surface area contributed by atoms with Gasteiger partial charge in [-0.15, -0.1) is 0 Å². The Balaban J connectivity index is 1.74. The van der Waals surface area contributed by atoms with E-state index in [1.807, 2.05) is 6.07 Å². The van der Waals surface area contributed by atoms with Gasteiger partial charge in [-0.3, -0.25) is 9.78 Å². The van der Waals surface area contributed by atoms with Crippen molar-refractivity contribution in [1.29, 1.82) is 0 Å². The van der Waals surface area contributed by atoms with Gasteiger partial charge >= 0.3 is 0 Å². The van der Waals surface area contributed by atoms with Gasteiger partial charge in [0.1, 0.15) is 23.4 Å². The normalized spacial score (nSPS) is 15.5. The van der Waals surface area contributed by atoms with Crippen LogP contribution in [0.25, 0.3) is 0 Å². The molecule has 1 N–H and O–H groups in total. The van der Waals surface area contributed by atoms with Crippen molar-refractivity contribution in [3.05, 3.63) is 70.9 Å². The second-order valence-corrected chi connectivity index (χ2v) is 6.59. The lowest BCUT2D eigenvalue weighted by atomic mass is 10.2. The molecule has 28 heavy (non-hydrogen) atoms. The number of nitrogens with zero attached hydrogens (tertiary/aromatic N) is 2. The second kappa shape index (κ2) is 7.44. The summed E-state index contributed by atoms with van der Waals surface area (Å²) in [5.74, 6) is 1.60. The lowest BCUT2D eigenvalue weighted by Crippen LogP contribution is -2.32. The first kappa shape index (κ1) is 18.2. The molecule has 2 aromatic heterocycles. The Morgan fingerprint density at radius 2 is 2.11 bits per heavy atom. The molecule has 0 unspecified atom stereocenters. The predicted molar refractivity (Wildman–Crippen MR) is 104 cm³/mol. The minimum atomic E-state index is -0.534. The van der Waals surface area contributed by atoms with E-state index in [1.165, 1.54) is 0 Å². The zero-order chi connectivity index (χ0) is 19.7. The third kappa shape index (κ3) is 3.14. The number of fused-ring (bicyclic) bond motifs is 1. The van der Waals surface area contributed by atoms with E-state index in [-0.39, 0.29) is 12.5 Å². The van der Waals surface area contributed by atoms with E-state index in [9.17, 15) is 4.79 Å². The number of carbonyl (C=O) groups excluding carboxylic acids is 1. The maximum absolute atomic E-state index is 13.0. The van der Waals surface area contributed by atoms with Crippen molar-refractivity contribution in [3.63, 3.8) is 0 Å². The average molecular weight is 400 g/mol. The molecule has 3 heterocycles. The molecule has 1 aliphatic rings. The molecule has 4 rings (SSSR count). The summed E-state index contributed by atoms with van der Waals surface area (Å²) in [6.07, 6.45) is 2.70. The fraction of sp³-hybridized carbons (Fsp3) is 0.200. The summed E-state index contributed by atoms with van der Waals surface area (Å²) < 4.78 is 16.1. The molecule has 1 aliphatic heterocycles. The molecular formula is C20H18ClN3O4. The molecule has 0 spiro atoms. The van der Waals surface area contributed by atoms with Gasteiger partial charge in [0.25, 0.3) is 5.91 Å². The number of halogens is 1. The number of furan rings is 1. The third-order valence-electron chi connectivity index (χ3n) is 4.57. The summed E-state index contributed by atoms with van der Waals surface area (Å²) in [7, 11) is 3.10. The standard InChI is InChI=1S/C20H18ClN3O4/c1-26-13-9-15(21)18(16(10-13)27-2)23-19-17-14(6-3-7-22-17)20(25)24(19)11-12-5-4-8-28-12/h3-10,19,23H,11H2,1-2H3/t19-/m1/s1. The quantitative estimate of drug-likeness (QED) is 0.672. The minimum Gasteiger partial charge on any atom is -0.497 e. The van der Waals surface area contributed by atoms with E-state index in [0.29, 0.717) is 39.2 Å². The number of nitrogens with one attached hydrogen (secondary N) is 1. The number of aromatic nitrogens is 1. The van der Waals surface area contributed by atoms with Crippen LogP contribution in [-0.2, 0) is 6.54 Å². The van der Waals surface area contributed by atoms with Crippen LogP contribution in [0.1, 0.15) is 28.0 Å². The van der Waals surface area contributed by atoms with Crippen molar-refractivity contribution >= 4 is 23.2 Å². The van der Waals surface area contributed by atoms with Crippen molar-refractivity contribution in [1.82, 2.24) is 9.88 Å². The zero-order valence-corrected chi connectivity index (χ0v) is 16.1. The number of methoxy groups -OCH3 is 2. The van der Waals surface area contributed by atoms with Crippen molar-refractivity contribution < 1.29 is 18.7 Å². The van der Waals surface area contributed by atoms with Gasteiger partial charge in [0, 0.05) is 18.3 Å². The molecule has 0 bridgehead atoms. The number of carbonyl (C=O) groups is 1. The Bertz CT molecular complexity index is 1010. The number of rotatable bonds is 6. The van der Waals surface area contributed by atoms with Crippen LogP contribution in [0, 0.1) is 0 Å². The molecule has 1 atom stereocenters. The monoisotopic (exact) mass is 399 g/mol. The van der Waals surface area contributed by atoms with Gasteiger partial charge in [-0.05, 0) is 24.3 Å². The van der Waals surface area contributed by atoms with E-state index >= 15 is 0 Å². The zero-order valence-electron chi connectivity index (χ0n) is 15.3. The fourth-order valence-electron chi connectivity index (χ4n) is 3.23. The van der Waals surface area contributed by atoms with Crippen LogP contribution in [0.3, 0.4) is 0 Å². The number of benzene rings is 1. The first-order valence-electron chi connectivity index (χ1n) is 8.58. The van der Waals surface area contributed by atoms with Crippen LogP contribution in [0.4, 0.5) is 5.69 Å². The van der Waals surface area contributed by atoms with Crippen molar-refractivity contribution in [3.8, 4) is 11.5 Å². The van der Waals surface area contributed by atoms with Crippen LogP contribution in [0.5, 0.6) is 11.5 Å². The topological polar surface area (TPSA) is 76.8 Å². The van der Waals surface area contributed by atoms with Crippen LogP contribution >= 0.6 is 11.6 Å². The van der Waals surface area contributed by atoms with Crippen LogP contribution in [-0.4, -0.2) is 30.0 Å². The summed E-state index contributed by atoms with van der Waals surface area (Å²) in [6, 6.07) is 10.5. The number of amides is 1. The lowest BCUT2D eigenvalue weighted by Gasteiger charge is -2.27. The van der Waals surface area contributed by atoms with Gasteiger partial charge in [0.15, 0.2) is 0 Å². The van der Waals surface area contributed by atoms with E-state index in [1.54, 1.807) is 61.9 Å². The van der Waals surface area contributed by atoms with Gasteiger partial charge in [-0.25, -0.2) is 0 Å². The molecule has 1 amide bonds. The van der Waals surface area contributed by atoms with E-state index in [0.717, 1.165) is 0 Å². The average Bonchev–Trinajstić information content (AvgIpc) is 3.32. The number of hydrogen-bond acceptors (Lipinski definition) is 6. The van der Waals surface area contributed by atoms with Gasteiger partial charge in [0.05, 0.1) is 49.0 Å². The van der Waals surface area contributed by atoms with Gasteiger partial charge in [0.2, 0.25) is 0 Å². The van der Waals surface area contributed by atoms with Crippen LogP contribution in [0.15, 0.2) is 53.3 Å². The first-order chi connectivity index (χ1) is 13.6. The molecule has 3 aromatic rings. The van der Waals surface area contributed by atoms with Crippen LogP contribution in [0.2, 0.25) is 5.02 Å². The summed E-state index contributed by atoms with van der Waals surface area (Å²) >= 11 is 6.46. The Morgan fingerprint density at radius 3 is 2.82 bits per heavy atom. The van der Waals surface area contributed by atoms with Gasteiger partial charge in [-0.2, -0.15) is 0 Å². The van der Waals surface area contributed by atoms with Gasteiger partial charge < -0.3 is 24.1 Å². The Kier molecular flexibility index (Phi) is 4.83. The Hall–Kier alpha value is -3.19. The molecule has 8 heteroatoms. The van der Waals surface area contributed by atoms with Crippen molar-refractivity contribution in [2.75, 3.05) is 19.5 Å². The molecule has 1 aromatic carbocycles. The molecule has 0 fully saturated rings. The highest BCUT2D eigenvalue weighted by molar-refractivity contribution is 6.33. The highest BCUT2D eigenvalue weighted by Gasteiger charge is 2.39. The highest BCUT2D eigenvalue weighted by atomic mass is 35.5. The number of pyridine rings is 1. The first-order valence-corrected chi connectivity index (χ1v) is 8.96. The summed E-state index contributed by atoms with van der Waals surface area (Å²) in [5, 5.41) is 3.73. The Morgan fingerprint density at radius 1 is 1.25 bits per heavy atom. The SMILES string of the molecule is COc1cc(Cl)c(N[C@H]2c3ncccc3C(=O)N2Cc2ccco2)c(OC)c1. The Labute approximate surface area is 166 Å². The molecule has 144 valence electrons. The summed E-state index contributed by atoms with van der Waals surface area (Å²) in [5.41, 5.74) is 1.70. The second-order valence-electron chi connectivity index (χ2n) is 6.18. The van der Waals surface area contributed by atoms with E-state index in [2.05, 4.69) is 10.3 Å². The smallest absolute Gasteiger partial charge is 0.258 e. The predicted octanol–water partition coefficient (Wildman–Crippen LogP) is 4.11. The number of anilines is 1. The summed E-state index contributed by atoms with van der Waals surface area (Å²) in [4.78, 5) is 19.1. The number of ether oxygens (including phenoxy) is 2. The maximum Gasteiger partial charge on any atom is 0.258 e. The molecule has 0 aliphatic carbocycles. The van der Waals surface area contributed by atoms with Crippen molar-refractivity contribution in [2.45, 2.75) is 12.7 Å². The van der Waals surface area contributed by atoms with Crippen molar-refractivity contribution in [2.24, 2.45) is 0 Å². The largest absolute Gasteiger partial charge is 0.497 e. The minimum absolute atomic E-state index is 0.138. The third-order valence-corrected chi connectivity index (χ3v) is 4.87. The lowest BCUT2D eigenvalue weighted by molar-refractivity contribution is 0.0714. The molecular weight excluding hydrogens is 382 g/mol. The molecule has 0 radical (unpaired) electrons. The molecule has 7 nitrogen and oxygen atoms in total. The summed E-state index contributed by atoms with van der Waals surface area (Å²) in [6.45, 7) is 0.288. The maximum atomic E-state index is 13.0. The van der Waals surface area contributed by atoms with Gasteiger partial charge in [-0.1, -0.05) is 11.6 Å². The fourth-order valence-corrected chi connectivity index (χ4v) is 3.48.